The van der Waals surface area contributed by atoms with Crippen LogP contribution in [0.3, 0.4) is 0 Å². The Morgan fingerprint density at radius 2 is 2.00 bits per heavy atom. The molecular weight excluding hydrogens is 399 g/mol. The van der Waals surface area contributed by atoms with Crippen LogP contribution in [0.2, 0.25) is 0 Å². The minimum Gasteiger partial charge on any atom is -0.380 e. The maximum atomic E-state index is 13.6. The highest BCUT2D eigenvalue weighted by atomic mass is 32.2. The van der Waals surface area contributed by atoms with E-state index >= 15 is 0 Å². The van der Waals surface area contributed by atoms with E-state index in [1.807, 2.05) is 0 Å². The Hall–Kier alpha value is -2.01. The molecule has 2 aliphatic rings. The van der Waals surface area contributed by atoms with Gasteiger partial charge in [0.05, 0.1) is 19.5 Å². The molecule has 1 aromatic carbocycles. The summed E-state index contributed by atoms with van der Waals surface area (Å²) < 4.78 is 54.3. The number of hydrogen-bond acceptors (Lipinski definition) is 6. The lowest BCUT2D eigenvalue weighted by molar-refractivity contribution is -0.203. The van der Waals surface area contributed by atoms with E-state index < -0.39 is 16.3 Å². The Morgan fingerprint density at radius 1 is 1.24 bits per heavy atom. The van der Waals surface area contributed by atoms with Gasteiger partial charge in [-0.2, -0.15) is 4.31 Å². The van der Waals surface area contributed by atoms with E-state index in [-0.39, 0.29) is 35.9 Å². The average molecular weight is 424 g/mol. The molecule has 2 aliphatic heterocycles. The van der Waals surface area contributed by atoms with Gasteiger partial charge in [-0.25, -0.2) is 17.8 Å². The number of aromatic nitrogens is 2. The molecule has 2 fully saturated rings. The normalized spacial score (nSPS) is 24.1. The number of aryl methyl sites for hydroxylation is 2. The molecule has 1 aromatic heterocycles. The monoisotopic (exact) mass is 424 g/mol. The molecule has 0 amide bonds. The number of rotatable bonds is 5. The topological polar surface area (TPSA) is 85.7 Å². The highest BCUT2D eigenvalue weighted by Gasteiger charge is 2.45. The highest BCUT2D eigenvalue weighted by molar-refractivity contribution is 7.89. The fourth-order valence-electron chi connectivity index (χ4n) is 3.77. The molecule has 2 atom stereocenters. The van der Waals surface area contributed by atoms with Crippen LogP contribution in [0.1, 0.15) is 12.0 Å². The molecule has 2 saturated heterocycles. The minimum atomic E-state index is -3.74. The number of nitrogens with one attached hydrogen (secondary N) is 1. The number of ether oxygens (including phenoxy) is 2. The molecule has 3 heterocycles. The summed E-state index contributed by atoms with van der Waals surface area (Å²) in [5.74, 6) is -0.490. The van der Waals surface area contributed by atoms with Gasteiger partial charge >= 0.3 is 0 Å². The molecule has 0 bridgehead atoms. The quantitative estimate of drug-likeness (QED) is 0.787. The molecule has 10 heteroatoms. The van der Waals surface area contributed by atoms with Crippen molar-refractivity contribution < 1.29 is 22.3 Å². The third-order valence-corrected chi connectivity index (χ3v) is 7.05. The molecule has 1 N–H and O–H groups in total. The van der Waals surface area contributed by atoms with Gasteiger partial charge in [0.15, 0.2) is 11.3 Å². The minimum absolute atomic E-state index is 0.0162. The summed E-state index contributed by atoms with van der Waals surface area (Å²) in [7, 11) is -2.01. The summed E-state index contributed by atoms with van der Waals surface area (Å²) in [4.78, 5) is 4.01. The first-order valence-electron chi connectivity index (χ1n) is 9.58. The van der Waals surface area contributed by atoms with E-state index in [1.165, 1.54) is 22.9 Å². The van der Waals surface area contributed by atoms with Crippen LogP contribution in [0.25, 0.3) is 0 Å². The lowest BCUT2D eigenvalue weighted by Gasteiger charge is -2.31. The lowest BCUT2D eigenvalue weighted by atomic mass is 10.0. The largest absolute Gasteiger partial charge is 0.380 e. The van der Waals surface area contributed by atoms with E-state index in [2.05, 4.69) is 10.3 Å². The van der Waals surface area contributed by atoms with Crippen LogP contribution in [0.5, 0.6) is 0 Å². The zero-order valence-electron chi connectivity index (χ0n) is 16.4. The lowest BCUT2D eigenvalue weighted by Crippen LogP contribution is -2.41. The van der Waals surface area contributed by atoms with Crippen molar-refractivity contribution in [2.24, 2.45) is 13.0 Å². The van der Waals surface area contributed by atoms with Gasteiger partial charge in [0.1, 0.15) is 5.82 Å². The highest BCUT2D eigenvalue weighted by Crippen LogP contribution is 2.31. The van der Waals surface area contributed by atoms with E-state index in [4.69, 9.17) is 9.47 Å². The predicted molar refractivity (Wildman–Crippen MR) is 104 cm³/mol. The number of sulfonamides is 1. The van der Waals surface area contributed by atoms with Crippen molar-refractivity contribution in [3.8, 4) is 0 Å². The van der Waals surface area contributed by atoms with E-state index in [1.54, 1.807) is 30.7 Å². The van der Waals surface area contributed by atoms with Crippen molar-refractivity contribution in [1.82, 2.24) is 13.9 Å². The zero-order chi connectivity index (χ0) is 20.6. The Bertz CT molecular complexity index is 974. The van der Waals surface area contributed by atoms with Gasteiger partial charge < -0.3 is 19.4 Å². The Balaban J connectivity index is 1.59. The zero-order valence-corrected chi connectivity index (χ0v) is 17.2. The Labute approximate surface area is 169 Å². The molecule has 0 spiro atoms. The van der Waals surface area contributed by atoms with E-state index in [0.29, 0.717) is 18.8 Å². The summed E-state index contributed by atoms with van der Waals surface area (Å²) in [5.41, 5.74) is 1.25. The van der Waals surface area contributed by atoms with Gasteiger partial charge in [0, 0.05) is 44.0 Å². The standard InChI is InChI=1S/C19H25FN4O4S/c1-13-8-14(4-5-16(13)20)22-17-10-24(9-15(17)19-27-6-3-7-28-19)29(25,26)18-11-23(2)12-21-18/h4-5,8,11-12,15,17,19,22H,3,6-7,9-10H2,1-2H3/t15-,17-/m0/s1. The van der Waals surface area contributed by atoms with Crippen LogP contribution < -0.4 is 5.32 Å². The molecule has 0 saturated carbocycles. The Kier molecular flexibility index (Phi) is 5.60. The second kappa shape index (κ2) is 8.02. The van der Waals surface area contributed by atoms with Gasteiger partial charge in [0.25, 0.3) is 10.0 Å². The molecule has 0 unspecified atom stereocenters. The van der Waals surface area contributed by atoms with Crippen LogP contribution in [0.15, 0.2) is 35.7 Å². The number of imidazole rings is 1. The van der Waals surface area contributed by atoms with Crippen molar-refractivity contribution in [2.75, 3.05) is 31.6 Å². The molecule has 0 radical (unpaired) electrons. The number of halogens is 1. The average Bonchev–Trinajstić information content (AvgIpc) is 3.33. The van der Waals surface area contributed by atoms with Gasteiger partial charge in [-0.3, -0.25) is 0 Å². The smallest absolute Gasteiger partial charge is 0.262 e. The summed E-state index contributed by atoms with van der Waals surface area (Å²) in [6, 6.07) is 4.52. The third kappa shape index (κ3) is 4.16. The first-order chi connectivity index (χ1) is 13.8. The van der Waals surface area contributed by atoms with E-state index in [9.17, 15) is 12.8 Å². The molecule has 29 heavy (non-hydrogen) atoms. The van der Waals surface area contributed by atoms with Gasteiger partial charge in [-0.1, -0.05) is 0 Å². The fraction of sp³-hybridized carbons (Fsp3) is 0.526. The van der Waals surface area contributed by atoms with Crippen molar-refractivity contribution in [3.05, 3.63) is 42.1 Å². The molecular formula is C19H25FN4O4S. The first-order valence-corrected chi connectivity index (χ1v) is 11.0. The SMILES string of the molecule is Cc1cc(N[C@H]2CN(S(=O)(=O)c3cn(C)cn3)C[C@@H]2C2OCCCO2)ccc1F. The Morgan fingerprint density at radius 3 is 2.66 bits per heavy atom. The first kappa shape index (κ1) is 20.3. The number of anilines is 1. The van der Waals surface area contributed by atoms with Crippen molar-refractivity contribution in [3.63, 3.8) is 0 Å². The van der Waals surface area contributed by atoms with Crippen LogP contribution in [0.4, 0.5) is 10.1 Å². The molecule has 158 valence electrons. The van der Waals surface area contributed by atoms with Crippen LogP contribution >= 0.6 is 0 Å². The number of benzene rings is 1. The summed E-state index contributed by atoms with van der Waals surface area (Å²) in [6.07, 6.45) is 3.27. The third-order valence-electron chi connectivity index (χ3n) is 5.33. The van der Waals surface area contributed by atoms with E-state index in [0.717, 1.165) is 12.1 Å². The van der Waals surface area contributed by atoms with Crippen molar-refractivity contribution >= 4 is 15.7 Å². The van der Waals surface area contributed by atoms with Crippen molar-refractivity contribution in [1.29, 1.82) is 0 Å². The van der Waals surface area contributed by atoms with Gasteiger partial charge in [-0.15, -0.1) is 0 Å². The molecule has 2 aromatic rings. The summed E-state index contributed by atoms with van der Waals surface area (Å²) in [5, 5.41) is 3.37. The van der Waals surface area contributed by atoms with Crippen LogP contribution in [0, 0.1) is 18.7 Å². The van der Waals surface area contributed by atoms with Crippen LogP contribution in [-0.4, -0.2) is 60.9 Å². The molecule has 0 aliphatic carbocycles. The predicted octanol–water partition coefficient (Wildman–Crippen LogP) is 1.73. The molecule has 4 rings (SSSR count). The van der Waals surface area contributed by atoms with Crippen LogP contribution in [-0.2, 0) is 26.5 Å². The molecule has 8 nitrogen and oxygen atoms in total. The number of hydrogen-bond donors (Lipinski definition) is 1. The second-order valence-electron chi connectivity index (χ2n) is 7.54. The summed E-state index contributed by atoms with van der Waals surface area (Å²) in [6.45, 7) is 3.34. The maximum absolute atomic E-state index is 13.6. The second-order valence-corrected chi connectivity index (χ2v) is 9.43. The van der Waals surface area contributed by atoms with Crippen molar-refractivity contribution in [2.45, 2.75) is 30.7 Å². The number of nitrogens with zero attached hydrogens (tertiary/aromatic N) is 3. The fourth-order valence-corrected chi connectivity index (χ4v) is 5.24. The maximum Gasteiger partial charge on any atom is 0.262 e. The van der Waals surface area contributed by atoms with Gasteiger partial charge in [-0.05, 0) is 37.1 Å². The summed E-state index contributed by atoms with van der Waals surface area (Å²) >= 11 is 0. The van der Waals surface area contributed by atoms with Gasteiger partial charge in [0.2, 0.25) is 0 Å².